The SMILES string of the molecule is COc1c(C(O)C2CCOCC2)c(C)nn1C. The van der Waals surface area contributed by atoms with Crippen LogP contribution in [0.25, 0.3) is 0 Å². The lowest BCUT2D eigenvalue weighted by Crippen LogP contribution is -2.22. The first-order chi connectivity index (χ1) is 8.15. The van der Waals surface area contributed by atoms with Gasteiger partial charge in [0, 0.05) is 20.3 Å². The fourth-order valence-corrected chi connectivity index (χ4v) is 2.50. The molecule has 5 nitrogen and oxygen atoms in total. The molecular formula is C12H20N2O3. The zero-order chi connectivity index (χ0) is 12.4. The summed E-state index contributed by atoms with van der Waals surface area (Å²) in [5.41, 5.74) is 1.66. The van der Waals surface area contributed by atoms with Gasteiger partial charge in [-0.15, -0.1) is 0 Å². The lowest BCUT2D eigenvalue weighted by Gasteiger charge is -2.27. The maximum Gasteiger partial charge on any atom is 0.217 e. The van der Waals surface area contributed by atoms with Crippen LogP contribution in [0.15, 0.2) is 0 Å². The molecule has 0 aliphatic carbocycles. The molecule has 1 atom stereocenters. The highest BCUT2D eigenvalue weighted by Gasteiger charge is 2.29. The van der Waals surface area contributed by atoms with Crippen molar-refractivity contribution in [2.24, 2.45) is 13.0 Å². The number of aryl methyl sites for hydroxylation is 2. The number of ether oxygens (including phenoxy) is 2. The molecular weight excluding hydrogens is 220 g/mol. The predicted molar refractivity (Wildman–Crippen MR) is 63.0 cm³/mol. The Labute approximate surface area is 101 Å². The van der Waals surface area contributed by atoms with Crippen molar-refractivity contribution in [1.29, 1.82) is 0 Å². The minimum atomic E-state index is -0.512. The molecule has 2 heterocycles. The maximum atomic E-state index is 10.5. The van der Waals surface area contributed by atoms with Crippen LogP contribution in [-0.2, 0) is 11.8 Å². The maximum absolute atomic E-state index is 10.5. The van der Waals surface area contributed by atoms with Gasteiger partial charge < -0.3 is 14.6 Å². The van der Waals surface area contributed by atoms with Gasteiger partial charge in [0.2, 0.25) is 5.88 Å². The van der Waals surface area contributed by atoms with Gasteiger partial charge >= 0.3 is 0 Å². The summed E-state index contributed by atoms with van der Waals surface area (Å²) >= 11 is 0. The smallest absolute Gasteiger partial charge is 0.217 e. The molecule has 0 saturated carbocycles. The van der Waals surface area contributed by atoms with Crippen LogP contribution >= 0.6 is 0 Å². The van der Waals surface area contributed by atoms with Crippen LogP contribution in [0.2, 0.25) is 0 Å². The highest BCUT2D eigenvalue weighted by molar-refractivity contribution is 5.33. The number of hydrogen-bond acceptors (Lipinski definition) is 4. The predicted octanol–water partition coefficient (Wildman–Crippen LogP) is 1.20. The minimum Gasteiger partial charge on any atom is -0.481 e. The molecule has 0 spiro atoms. The monoisotopic (exact) mass is 240 g/mol. The first-order valence-electron chi connectivity index (χ1n) is 5.98. The molecule has 1 aliphatic rings. The second-order valence-corrected chi connectivity index (χ2v) is 4.53. The number of aromatic nitrogens is 2. The average Bonchev–Trinajstić information content (AvgIpc) is 2.63. The minimum absolute atomic E-state index is 0.237. The number of rotatable bonds is 3. The van der Waals surface area contributed by atoms with Crippen molar-refractivity contribution in [2.75, 3.05) is 20.3 Å². The summed E-state index contributed by atoms with van der Waals surface area (Å²) in [5, 5.41) is 14.8. The second kappa shape index (κ2) is 5.06. The molecule has 1 aromatic rings. The van der Waals surface area contributed by atoms with E-state index in [1.807, 2.05) is 14.0 Å². The standard InChI is InChI=1S/C12H20N2O3/c1-8-10(12(16-3)14(2)13-8)11(15)9-4-6-17-7-5-9/h9,11,15H,4-7H2,1-3H3. The van der Waals surface area contributed by atoms with Crippen LogP contribution in [-0.4, -0.2) is 35.2 Å². The van der Waals surface area contributed by atoms with Crippen molar-refractivity contribution >= 4 is 0 Å². The van der Waals surface area contributed by atoms with Crippen LogP contribution in [0.3, 0.4) is 0 Å². The summed E-state index contributed by atoms with van der Waals surface area (Å²) in [6.07, 6.45) is 1.26. The van der Waals surface area contributed by atoms with E-state index in [0.29, 0.717) is 5.88 Å². The largest absolute Gasteiger partial charge is 0.481 e. The van der Waals surface area contributed by atoms with Crippen LogP contribution in [0, 0.1) is 12.8 Å². The van der Waals surface area contributed by atoms with Crippen LogP contribution < -0.4 is 4.74 Å². The van der Waals surface area contributed by atoms with Crippen LogP contribution in [0.1, 0.15) is 30.2 Å². The zero-order valence-electron chi connectivity index (χ0n) is 10.6. The second-order valence-electron chi connectivity index (χ2n) is 4.53. The highest BCUT2D eigenvalue weighted by atomic mass is 16.5. The van der Waals surface area contributed by atoms with Crippen molar-refractivity contribution in [3.8, 4) is 5.88 Å². The van der Waals surface area contributed by atoms with E-state index in [-0.39, 0.29) is 5.92 Å². The van der Waals surface area contributed by atoms with Crippen molar-refractivity contribution in [3.63, 3.8) is 0 Å². The molecule has 96 valence electrons. The van der Waals surface area contributed by atoms with E-state index in [2.05, 4.69) is 5.10 Å². The zero-order valence-corrected chi connectivity index (χ0v) is 10.6. The Balaban J connectivity index is 2.25. The number of nitrogens with zero attached hydrogens (tertiary/aromatic N) is 2. The van der Waals surface area contributed by atoms with Gasteiger partial charge in [-0.2, -0.15) is 5.10 Å². The quantitative estimate of drug-likeness (QED) is 0.862. The Morgan fingerprint density at radius 3 is 2.71 bits per heavy atom. The molecule has 1 aliphatic heterocycles. The molecule has 0 radical (unpaired) electrons. The Morgan fingerprint density at radius 2 is 2.12 bits per heavy atom. The Kier molecular flexibility index (Phi) is 3.69. The van der Waals surface area contributed by atoms with Gasteiger partial charge in [-0.1, -0.05) is 0 Å². The van der Waals surface area contributed by atoms with Gasteiger partial charge in [-0.25, -0.2) is 4.68 Å². The van der Waals surface area contributed by atoms with Crippen LogP contribution in [0.5, 0.6) is 5.88 Å². The third kappa shape index (κ3) is 2.30. The normalized spacial score (nSPS) is 19.3. The number of aliphatic hydroxyl groups is 1. The Morgan fingerprint density at radius 1 is 1.47 bits per heavy atom. The highest BCUT2D eigenvalue weighted by Crippen LogP contribution is 2.36. The van der Waals surface area contributed by atoms with Gasteiger partial charge in [0.15, 0.2) is 0 Å². The molecule has 17 heavy (non-hydrogen) atoms. The Hall–Kier alpha value is -1.07. The molecule has 1 aromatic heterocycles. The first kappa shape index (κ1) is 12.4. The van der Waals surface area contributed by atoms with E-state index >= 15 is 0 Å². The molecule has 0 amide bonds. The van der Waals surface area contributed by atoms with Gasteiger partial charge in [0.25, 0.3) is 0 Å². The van der Waals surface area contributed by atoms with Crippen molar-refractivity contribution in [1.82, 2.24) is 9.78 Å². The third-order valence-electron chi connectivity index (χ3n) is 3.42. The lowest BCUT2D eigenvalue weighted by atomic mass is 9.89. The third-order valence-corrected chi connectivity index (χ3v) is 3.42. The fourth-order valence-electron chi connectivity index (χ4n) is 2.50. The first-order valence-corrected chi connectivity index (χ1v) is 5.98. The topological polar surface area (TPSA) is 56.5 Å². The summed E-state index contributed by atoms with van der Waals surface area (Å²) < 4.78 is 12.3. The molecule has 0 bridgehead atoms. The molecule has 1 fully saturated rings. The Bertz CT molecular complexity index is 383. The molecule has 5 heteroatoms. The number of aliphatic hydroxyl groups excluding tert-OH is 1. The molecule has 1 unspecified atom stereocenters. The van der Waals surface area contributed by atoms with E-state index in [9.17, 15) is 5.11 Å². The van der Waals surface area contributed by atoms with Gasteiger partial charge in [0.1, 0.15) is 0 Å². The summed E-state index contributed by atoms with van der Waals surface area (Å²) in [4.78, 5) is 0. The average molecular weight is 240 g/mol. The van der Waals surface area contributed by atoms with E-state index in [4.69, 9.17) is 9.47 Å². The number of methoxy groups -OCH3 is 1. The summed E-state index contributed by atoms with van der Waals surface area (Å²) in [6.45, 7) is 3.35. The summed E-state index contributed by atoms with van der Waals surface area (Å²) in [6, 6.07) is 0. The lowest BCUT2D eigenvalue weighted by molar-refractivity contribution is 0.00606. The van der Waals surface area contributed by atoms with E-state index in [1.54, 1.807) is 11.8 Å². The van der Waals surface area contributed by atoms with Gasteiger partial charge in [-0.05, 0) is 25.7 Å². The molecule has 1 saturated heterocycles. The van der Waals surface area contributed by atoms with Gasteiger partial charge in [0.05, 0.1) is 24.5 Å². The van der Waals surface area contributed by atoms with E-state index < -0.39 is 6.10 Å². The van der Waals surface area contributed by atoms with E-state index in [0.717, 1.165) is 37.3 Å². The molecule has 1 N–H and O–H groups in total. The van der Waals surface area contributed by atoms with Crippen molar-refractivity contribution in [3.05, 3.63) is 11.3 Å². The van der Waals surface area contributed by atoms with Crippen LogP contribution in [0.4, 0.5) is 0 Å². The van der Waals surface area contributed by atoms with Gasteiger partial charge in [-0.3, -0.25) is 0 Å². The van der Waals surface area contributed by atoms with Crippen molar-refractivity contribution < 1.29 is 14.6 Å². The summed E-state index contributed by atoms with van der Waals surface area (Å²) in [5.74, 6) is 0.891. The fraction of sp³-hybridized carbons (Fsp3) is 0.750. The summed E-state index contributed by atoms with van der Waals surface area (Å²) in [7, 11) is 3.43. The molecule has 0 aromatic carbocycles. The van der Waals surface area contributed by atoms with E-state index in [1.165, 1.54) is 0 Å². The molecule has 2 rings (SSSR count). The number of hydrogen-bond donors (Lipinski definition) is 1. The van der Waals surface area contributed by atoms with Crippen molar-refractivity contribution in [2.45, 2.75) is 25.9 Å².